The minimum atomic E-state index is -0.371. The van der Waals surface area contributed by atoms with Crippen molar-refractivity contribution >= 4 is 38.4 Å². The molecule has 1 aromatic heterocycles. The van der Waals surface area contributed by atoms with Crippen LogP contribution in [-0.4, -0.2) is 9.97 Å². The molecular weight excluding hydrogens is 355 g/mol. The molecule has 5 heteroatoms. The van der Waals surface area contributed by atoms with Crippen LogP contribution in [0.3, 0.4) is 0 Å². The number of hydrogen-bond acceptors (Lipinski definition) is 2. The Morgan fingerprint density at radius 1 is 1.10 bits per heavy atom. The Morgan fingerprint density at radius 2 is 1.86 bits per heavy atom. The highest BCUT2D eigenvalue weighted by molar-refractivity contribution is 9.10. The highest BCUT2D eigenvalue weighted by Gasteiger charge is 2.12. The van der Waals surface area contributed by atoms with Gasteiger partial charge in [0.05, 0.1) is 9.99 Å². The summed E-state index contributed by atoms with van der Waals surface area (Å²) in [5, 5.41) is 0.940. The Hall–Kier alpha value is -1.52. The first-order valence-electron chi connectivity index (χ1n) is 6.35. The zero-order chi connectivity index (χ0) is 15.1. The van der Waals surface area contributed by atoms with Crippen molar-refractivity contribution in [3.63, 3.8) is 0 Å². The van der Waals surface area contributed by atoms with Gasteiger partial charge in [-0.25, -0.2) is 14.4 Å². The Bertz CT molecular complexity index is 865. The average molecular weight is 366 g/mol. The second-order valence-electron chi connectivity index (χ2n) is 4.94. The molecule has 0 aliphatic heterocycles. The second-order valence-corrected chi connectivity index (χ2v) is 6.15. The van der Waals surface area contributed by atoms with E-state index in [0.29, 0.717) is 26.4 Å². The van der Waals surface area contributed by atoms with Gasteiger partial charge in [0.15, 0.2) is 5.82 Å². The van der Waals surface area contributed by atoms with Crippen LogP contribution in [0.1, 0.15) is 11.1 Å². The van der Waals surface area contributed by atoms with Gasteiger partial charge in [0.25, 0.3) is 0 Å². The van der Waals surface area contributed by atoms with E-state index in [4.69, 9.17) is 11.6 Å². The van der Waals surface area contributed by atoms with E-state index < -0.39 is 0 Å². The molecule has 0 saturated carbocycles. The standard InChI is InChI=1S/C16H11BrClFN2/c1-8-3-4-9(2)10(5-8)16-20-14-7-13(19)12(17)6-11(14)15(18)21-16/h3-7H,1-2H3. The fourth-order valence-corrected chi connectivity index (χ4v) is 2.76. The van der Waals surface area contributed by atoms with E-state index >= 15 is 0 Å². The summed E-state index contributed by atoms with van der Waals surface area (Å²) >= 11 is 9.38. The van der Waals surface area contributed by atoms with Gasteiger partial charge in [-0.3, -0.25) is 0 Å². The van der Waals surface area contributed by atoms with Crippen LogP contribution in [0.2, 0.25) is 5.15 Å². The highest BCUT2D eigenvalue weighted by Crippen LogP contribution is 2.30. The number of hydrogen-bond donors (Lipinski definition) is 0. The Labute approximate surface area is 135 Å². The first kappa shape index (κ1) is 14.4. The van der Waals surface area contributed by atoms with Gasteiger partial charge in [-0.15, -0.1) is 0 Å². The van der Waals surface area contributed by atoms with Crippen LogP contribution in [0.25, 0.3) is 22.3 Å². The normalized spacial score (nSPS) is 11.1. The fraction of sp³-hybridized carbons (Fsp3) is 0.125. The number of rotatable bonds is 1. The fourth-order valence-electron chi connectivity index (χ4n) is 2.18. The van der Waals surface area contributed by atoms with Crippen molar-refractivity contribution in [1.29, 1.82) is 0 Å². The number of aromatic nitrogens is 2. The molecule has 2 aromatic carbocycles. The summed E-state index contributed by atoms with van der Waals surface area (Å²) in [5.74, 6) is 0.139. The zero-order valence-electron chi connectivity index (χ0n) is 11.4. The maximum Gasteiger partial charge on any atom is 0.161 e. The van der Waals surface area contributed by atoms with Gasteiger partial charge < -0.3 is 0 Å². The van der Waals surface area contributed by atoms with Gasteiger partial charge in [0.2, 0.25) is 0 Å². The van der Waals surface area contributed by atoms with E-state index in [9.17, 15) is 4.39 Å². The summed E-state index contributed by atoms with van der Waals surface area (Å²) < 4.78 is 14.1. The lowest BCUT2D eigenvalue weighted by Gasteiger charge is -2.09. The molecule has 106 valence electrons. The lowest BCUT2D eigenvalue weighted by Crippen LogP contribution is -1.95. The summed E-state index contributed by atoms with van der Waals surface area (Å²) in [5.41, 5.74) is 3.56. The molecule has 0 fully saturated rings. The largest absolute Gasteiger partial charge is 0.228 e. The SMILES string of the molecule is Cc1ccc(C)c(-c2nc(Cl)c3cc(Br)c(F)cc3n2)c1. The lowest BCUT2D eigenvalue weighted by molar-refractivity contribution is 0.623. The van der Waals surface area contributed by atoms with Gasteiger partial charge >= 0.3 is 0 Å². The average Bonchev–Trinajstić information content (AvgIpc) is 2.43. The number of halogens is 3. The molecule has 0 aliphatic carbocycles. The smallest absolute Gasteiger partial charge is 0.161 e. The zero-order valence-corrected chi connectivity index (χ0v) is 13.8. The van der Waals surface area contributed by atoms with Crippen LogP contribution in [0.15, 0.2) is 34.8 Å². The number of nitrogens with zero attached hydrogens (tertiary/aromatic N) is 2. The third-order valence-electron chi connectivity index (χ3n) is 3.33. The quantitative estimate of drug-likeness (QED) is 0.534. The van der Waals surface area contributed by atoms with Crippen molar-refractivity contribution in [2.75, 3.05) is 0 Å². The number of aryl methyl sites for hydroxylation is 2. The number of fused-ring (bicyclic) bond motifs is 1. The van der Waals surface area contributed by atoms with Crippen molar-refractivity contribution in [2.24, 2.45) is 0 Å². The molecule has 3 rings (SSSR count). The van der Waals surface area contributed by atoms with Gasteiger partial charge in [0, 0.05) is 17.0 Å². The Balaban J connectivity index is 2.30. The molecule has 0 atom stereocenters. The topological polar surface area (TPSA) is 25.8 Å². The van der Waals surface area contributed by atoms with E-state index in [1.54, 1.807) is 6.07 Å². The molecule has 0 saturated heterocycles. The molecule has 1 heterocycles. The van der Waals surface area contributed by atoms with E-state index in [0.717, 1.165) is 16.7 Å². The molecule has 3 aromatic rings. The van der Waals surface area contributed by atoms with Crippen molar-refractivity contribution in [2.45, 2.75) is 13.8 Å². The van der Waals surface area contributed by atoms with Gasteiger partial charge in [-0.1, -0.05) is 29.3 Å². The predicted molar refractivity (Wildman–Crippen MR) is 87.1 cm³/mol. The first-order chi connectivity index (χ1) is 9.95. The second kappa shape index (κ2) is 5.35. The van der Waals surface area contributed by atoms with E-state index in [-0.39, 0.29) is 5.82 Å². The van der Waals surface area contributed by atoms with E-state index in [2.05, 4.69) is 25.9 Å². The summed E-state index contributed by atoms with van der Waals surface area (Å²) in [6.45, 7) is 3.99. The van der Waals surface area contributed by atoms with Gasteiger partial charge in [0.1, 0.15) is 11.0 Å². The summed E-state index contributed by atoms with van der Waals surface area (Å²) in [6, 6.07) is 9.00. The Kier molecular flexibility index (Phi) is 3.68. The van der Waals surface area contributed by atoms with Crippen LogP contribution < -0.4 is 0 Å². The maximum absolute atomic E-state index is 13.7. The molecule has 0 radical (unpaired) electrons. The first-order valence-corrected chi connectivity index (χ1v) is 7.53. The molecule has 0 spiro atoms. The Morgan fingerprint density at radius 3 is 2.62 bits per heavy atom. The van der Waals surface area contributed by atoms with E-state index in [1.807, 2.05) is 32.0 Å². The van der Waals surface area contributed by atoms with Crippen molar-refractivity contribution < 1.29 is 4.39 Å². The molecule has 2 nitrogen and oxygen atoms in total. The van der Waals surface area contributed by atoms with Crippen LogP contribution in [0.5, 0.6) is 0 Å². The van der Waals surface area contributed by atoms with E-state index in [1.165, 1.54) is 6.07 Å². The van der Waals surface area contributed by atoms with Crippen LogP contribution in [0, 0.1) is 19.7 Å². The minimum absolute atomic E-state index is 0.316. The monoisotopic (exact) mass is 364 g/mol. The molecule has 0 unspecified atom stereocenters. The minimum Gasteiger partial charge on any atom is -0.228 e. The summed E-state index contributed by atoms with van der Waals surface area (Å²) in [6.07, 6.45) is 0. The third-order valence-corrected chi connectivity index (χ3v) is 4.22. The molecule has 21 heavy (non-hydrogen) atoms. The van der Waals surface area contributed by atoms with Gasteiger partial charge in [-0.05, 0) is 47.5 Å². The third kappa shape index (κ3) is 2.65. The van der Waals surface area contributed by atoms with Gasteiger partial charge in [-0.2, -0.15) is 0 Å². The molecule has 0 bridgehead atoms. The number of benzene rings is 2. The maximum atomic E-state index is 13.7. The highest BCUT2D eigenvalue weighted by atomic mass is 79.9. The molecule has 0 amide bonds. The summed E-state index contributed by atoms with van der Waals surface area (Å²) in [7, 11) is 0. The van der Waals surface area contributed by atoms with Crippen LogP contribution in [-0.2, 0) is 0 Å². The summed E-state index contributed by atoms with van der Waals surface area (Å²) in [4.78, 5) is 8.81. The predicted octanol–water partition coefficient (Wildman–Crippen LogP) is 5.47. The van der Waals surface area contributed by atoms with Crippen molar-refractivity contribution in [1.82, 2.24) is 9.97 Å². The van der Waals surface area contributed by atoms with Crippen molar-refractivity contribution in [3.05, 3.63) is 56.9 Å². The molecule has 0 N–H and O–H groups in total. The molecular formula is C16H11BrClFN2. The van der Waals surface area contributed by atoms with Crippen LogP contribution >= 0.6 is 27.5 Å². The molecule has 0 aliphatic rings. The van der Waals surface area contributed by atoms with Crippen LogP contribution in [0.4, 0.5) is 4.39 Å². The van der Waals surface area contributed by atoms with Crippen molar-refractivity contribution in [3.8, 4) is 11.4 Å². The lowest BCUT2D eigenvalue weighted by atomic mass is 10.0.